The minimum Gasteiger partial charge on any atom is -0.468 e. The first-order chi connectivity index (χ1) is 12.3. The first kappa shape index (κ1) is 16.3. The minimum atomic E-state index is 0.316. The number of hydrogen-bond acceptors (Lipinski definition) is 4. The maximum absolute atomic E-state index is 12.5. The van der Waals surface area contributed by atoms with Crippen LogP contribution in [0.4, 0.5) is 0 Å². The van der Waals surface area contributed by atoms with Gasteiger partial charge in [0.2, 0.25) is 5.91 Å². The third-order valence-corrected chi connectivity index (χ3v) is 5.52. The molecule has 5 heteroatoms. The van der Waals surface area contributed by atoms with Crippen molar-refractivity contribution >= 4 is 5.91 Å². The average molecular weight is 339 g/mol. The molecule has 2 aromatic rings. The van der Waals surface area contributed by atoms with Crippen LogP contribution in [0.5, 0.6) is 0 Å². The predicted octanol–water partition coefficient (Wildman–Crippen LogP) is 2.73. The Bertz CT molecular complexity index is 686. The number of carbonyl (C=O) groups is 1. The van der Waals surface area contributed by atoms with Gasteiger partial charge in [0.25, 0.3) is 0 Å². The lowest BCUT2D eigenvalue weighted by Gasteiger charge is -2.47. The zero-order valence-corrected chi connectivity index (χ0v) is 14.5. The van der Waals surface area contributed by atoms with E-state index in [1.54, 1.807) is 6.26 Å². The fourth-order valence-corrected chi connectivity index (χ4v) is 4.26. The molecule has 0 saturated carbocycles. The molecule has 0 aliphatic carbocycles. The number of piperidine rings is 2. The summed E-state index contributed by atoms with van der Waals surface area (Å²) in [6.45, 7) is 3.74. The van der Waals surface area contributed by atoms with Crippen LogP contribution in [0.1, 0.15) is 30.7 Å². The first-order valence-corrected chi connectivity index (χ1v) is 9.24. The third kappa shape index (κ3) is 3.76. The number of likely N-dealkylation sites (tertiary alicyclic amines) is 2. The van der Waals surface area contributed by atoms with Gasteiger partial charge in [-0.15, -0.1) is 0 Å². The van der Waals surface area contributed by atoms with Crippen molar-refractivity contribution < 1.29 is 9.21 Å². The summed E-state index contributed by atoms with van der Waals surface area (Å²) in [6, 6.07) is 10.3. The van der Waals surface area contributed by atoms with E-state index in [9.17, 15) is 4.79 Å². The first-order valence-electron chi connectivity index (χ1n) is 9.24. The lowest BCUT2D eigenvalue weighted by atomic mass is 9.83. The smallest absolute Gasteiger partial charge is 0.222 e. The van der Waals surface area contributed by atoms with Crippen molar-refractivity contribution in [1.82, 2.24) is 14.8 Å². The fraction of sp³-hybridized carbons (Fsp3) is 0.500. The highest BCUT2D eigenvalue weighted by atomic mass is 16.3. The van der Waals surface area contributed by atoms with Crippen LogP contribution >= 0.6 is 0 Å². The summed E-state index contributed by atoms with van der Waals surface area (Å²) in [5.74, 6) is 1.92. The van der Waals surface area contributed by atoms with Gasteiger partial charge in [-0.2, -0.15) is 0 Å². The van der Waals surface area contributed by atoms with Crippen LogP contribution in [0.15, 0.2) is 47.2 Å². The van der Waals surface area contributed by atoms with Gasteiger partial charge in [-0.3, -0.25) is 14.7 Å². The molecule has 2 aliphatic heterocycles. The molecular formula is C20H25N3O2. The second-order valence-electron chi connectivity index (χ2n) is 7.13. The van der Waals surface area contributed by atoms with E-state index in [0.717, 1.165) is 56.9 Å². The molecule has 2 atom stereocenters. The van der Waals surface area contributed by atoms with E-state index in [1.165, 1.54) is 0 Å². The molecule has 0 radical (unpaired) electrons. The van der Waals surface area contributed by atoms with E-state index in [1.807, 2.05) is 36.5 Å². The highest BCUT2D eigenvalue weighted by Gasteiger charge is 2.39. The zero-order chi connectivity index (χ0) is 17.1. The highest BCUT2D eigenvalue weighted by Crippen LogP contribution is 2.32. The van der Waals surface area contributed by atoms with E-state index >= 15 is 0 Å². The molecule has 25 heavy (non-hydrogen) atoms. The van der Waals surface area contributed by atoms with Gasteiger partial charge < -0.3 is 9.32 Å². The Kier molecular flexibility index (Phi) is 4.83. The lowest BCUT2D eigenvalue weighted by molar-refractivity contribution is -0.141. The van der Waals surface area contributed by atoms with E-state index in [2.05, 4.69) is 14.8 Å². The summed E-state index contributed by atoms with van der Waals surface area (Å²) in [7, 11) is 0. The molecule has 2 saturated heterocycles. The number of aromatic nitrogens is 1. The summed E-state index contributed by atoms with van der Waals surface area (Å²) in [5.41, 5.74) is 1.06. The molecular weight excluding hydrogens is 314 g/mol. The largest absolute Gasteiger partial charge is 0.468 e. The number of pyridine rings is 1. The second kappa shape index (κ2) is 7.40. The van der Waals surface area contributed by atoms with Gasteiger partial charge in [-0.1, -0.05) is 6.07 Å². The van der Waals surface area contributed by atoms with Crippen LogP contribution in [0.25, 0.3) is 0 Å². The summed E-state index contributed by atoms with van der Waals surface area (Å²) >= 11 is 0. The maximum Gasteiger partial charge on any atom is 0.222 e. The fourth-order valence-electron chi connectivity index (χ4n) is 4.26. The summed E-state index contributed by atoms with van der Waals surface area (Å²) in [5, 5.41) is 0. The molecule has 4 heterocycles. The van der Waals surface area contributed by atoms with Crippen LogP contribution in [0.3, 0.4) is 0 Å². The molecule has 132 valence electrons. The van der Waals surface area contributed by atoms with E-state index in [0.29, 0.717) is 24.3 Å². The van der Waals surface area contributed by atoms with Crippen molar-refractivity contribution in [2.24, 2.45) is 5.92 Å². The zero-order valence-electron chi connectivity index (χ0n) is 14.5. The van der Waals surface area contributed by atoms with Crippen molar-refractivity contribution in [2.75, 3.05) is 19.6 Å². The van der Waals surface area contributed by atoms with E-state index < -0.39 is 0 Å². The molecule has 2 aromatic heterocycles. The Hall–Kier alpha value is -2.14. The molecule has 5 nitrogen and oxygen atoms in total. The molecule has 2 aliphatic rings. The number of carbonyl (C=O) groups excluding carboxylic acids is 1. The molecule has 1 amide bonds. The number of rotatable bonds is 5. The van der Waals surface area contributed by atoms with Gasteiger partial charge in [0.05, 0.1) is 12.8 Å². The van der Waals surface area contributed by atoms with Gasteiger partial charge >= 0.3 is 0 Å². The number of hydrogen-bond donors (Lipinski definition) is 0. The molecule has 0 N–H and O–H groups in total. The summed E-state index contributed by atoms with van der Waals surface area (Å²) < 4.78 is 5.48. The SMILES string of the molecule is O=C1CC[C@@H]2CN(Cc3ccco3)CC[C@@H]2N1CCc1ccccn1. The van der Waals surface area contributed by atoms with Crippen LogP contribution in [-0.2, 0) is 17.8 Å². The van der Waals surface area contributed by atoms with Crippen molar-refractivity contribution in [2.45, 2.75) is 38.3 Å². The molecule has 2 fully saturated rings. The number of furan rings is 1. The Morgan fingerprint density at radius 1 is 1.20 bits per heavy atom. The van der Waals surface area contributed by atoms with Gasteiger partial charge in [0.15, 0.2) is 0 Å². The van der Waals surface area contributed by atoms with Gasteiger partial charge in [0, 0.05) is 50.4 Å². The third-order valence-electron chi connectivity index (χ3n) is 5.52. The predicted molar refractivity (Wildman–Crippen MR) is 94.8 cm³/mol. The number of nitrogens with zero attached hydrogens (tertiary/aromatic N) is 3. The number of amides is 1. The topological polar surface area (TPSA) is 49.6 Å². The van der Waals surface area contributed by atoms with Crippen molar-refractivity contribution in [3.05, 3.63) is 54.2 Å². The second-order valence-corrected chi connectivity index (χ2v) is 7.13. The lowest BCUT2D eigenvalue weighted by Crippen LogP contribution is -2.56. The average Bonchev–Trinajstić information content (AvgIpc) is 3.15. The quantitative estimate of drug-likeness (QED) is 0.840. The van der Waals surface area contributed by atoms with Crippen LogP contribution in [0.2, 0.25) is 0 Å². The molecule has 4 rings (SSSR count). The molecule has 0 spiro atoms. The Morgan fingerprint density at radius 3 is 2.96 bits per heavy atom. The van der Waals surface area contributed by atoms with Crippen LogP contribution < -0.4 is 0 Å². The summed E-state index contributed by atoms with van der Waals surface area (Å²) in [6.07, 6.45) is 7.14. The Morgan fingerprint density at radius 2 is 2.16 bits per heavy atom. The molecule has 0 unspecified atom stereocenters. The Labute approximate surface area is 148 Å². The highest BCUT2D eigenvalue weighted by molar-refractivity contribution is 5.77. The maximum atomic E-state index is 12.5. The van der Waals surface area contributed by atoms with Crippen molar-refractivity contribution in [3.8, 4) is 0 Å². The van der Waals surface area contributed by atoms with Gasteiger partial charge in [-0.25, -0.2) is 0 Å². The van der Waals surface area contributed by atoms with Gasteiger partial charge in [0.1, 0.15) is 5.76 Å². The molecule has 0 bridgehead atoms. The van der Waals surface area contributed by atoms with Crippen molar-refractivity contribution in [3.63, 3.8) is 0 Å². The van der Waals surface area contributed by atoms with Crippen LogP contribution in [0, 0.1) is 5.92 Å². The summed E-state index contributed by atoms with van der Waals surface area (Å²) in [4.78, 5) is 21.5. The monoisotopic (exact) mass is 339 g/mol. The van der Waals surface area contributed by atoms with Crippen molar-refractivity contribution in [1.29, 1.82) is 0 Å². The standard InChI is InChI=1S/C20H25N3O2/c24-20-7-6-16-14-22(15-18-5-3-13-25-18)11-9-19(16)23(20)12-8-17-4-1-2-10-21-17/h1-5,10,13,16,19H,6-9,11-12,14-15H2/t16-,19+/m1/s1. The van der Waals surface area contributed by atoms with Gasteiger partial charge in [-0.05, 0) is 43.0 Å². The normalized spacial score (nSPS) is 24.3. The minimum absolute atomic E-state index is 0.316. The van der Waals surface area contributed by atoms with Crippen LogP contribution in [-0.4, -0.2) is 46.4 Å². The number of fused-ring (bicyclic) bond motifs is 1. The Balaban J connectivity index is 1.37. The van der Waals surface area contributed by atoms with E-state index in [-0.39, 0.29) is 0 Å². The molecule has 0 aromatic carbocycles. The van der Waals surface area contributed by atoms with E-state index in [4.69, 9.17) is 4.42 Å².